The lowest BCUT2D eigenvalue weighted by Gasteiger charge is -2.38. The Bertz CT molecular complexity index is 636. The van der Waals surface area contributed by atoms with E-state index < -0.39 is 0 Å². The third-order valence-corrected chi connectivity index (χ3v) is 5.46. The van der Waals surface area contributed by atoms with Crippen molar-refractivity contribution in [2.24, 2.45) is 0 Å². The Morgan fingerprint density at radius 1 is 1.00 bits per heavy atom. The molecule has 0 bridgehead atoms. The van der Waals surface area contributed by atoms with Gasteiger partial charge in [0, 0.05) is 37.8 Å². The van der Waals surface area contributed by atoms with Crippen LogP contribution in [0.15, 0.2) is 24.3 Å². The molecule has 0 spiro atoms. The van der Waals surface area contributed by atoms with E-state index in [-0.39, 0.29) is 17.9 Å². The second kappa shape index (κ2) is 8.08. The molecule has 26 heavy (non-hydrogen) atoms. The molecule has 3 rings (SSSR count). The fraction of sp³-hybridized carbons (Fsp3) is 0.600. The van der Waals surface area contributed by atoms with Gasteiger partial charge in [-0.25, -0.2) is 0 Å². The minimum absolute atomic E-state index is 0.0128. The van der Waals surface area contributed by atoms with Gasteiger partial charge in [-0.15, -0.1) is 0 Å². The van der Waals surface area contributed by atoms with Crippen LogP contribution in [0.25, 0.3) is 0 Å². The van der Waals surface area contributed by atoms with Gasteiger partial charge in [0.2, 0.25) is 5.91 Å². The highest BCUT2D eigenvalue weighted by molar-refractivity contribution is 5.94. The second-order valence-electron chi connectivity index (χ2n) is 7.34. The zero-order valence-electron chi connectivity index (χ0n) is 16.0. The number of nitrogens with zero attached hydrogens (tertiary/aromatic N) is 3. The summed E-state index contributed by atoms with van der Waals surface area (Å²) in [4.78, 5) is 31.6. The maximum absolute atomic E-state index is 12.9. The summed E-state index contributed by atoms with van der Waals surface area (Å²) in [6.45, 7) is 7.71. The number of benzene rings is 1. The summed E-state index contributed by atoms with van der Waals surface area (Å²) < 4.78 is 5.14. The highest BCUT2D eigenvalue weighted by atomic mass is 16.5. The molecule has 2 saturated heterocycles. The third kappa shape index (κ3) is 3.85. The van der Waals surface area contributed by atoms with Crippen LogP contribution in [0, 0.1) is 0 Å². The van der Waals surface area contributed by atoms with Gasteiger partial charge in [0.05, 0.1) is 13.2 Å². The summed E-state index contributed by atoms with van der Waals surface area (Å²) in [5.41, 5.74) is 0.660. The number of rotatable bonds is 4. The number of piperazine rings is 1. The molecule has 2 amide bonds. The monoisotopic (exact) mass is 359 g/mol. The number of carbonyl (C=O) groups is 2. The van der Waals surface area contributed by atoms with Gasteiger partial charge in [0.25, 0.3) is 5.91 Å². The SMILES string of the molecule is COc1ccc(C(=O)N2CCN(C(=O)[C@@H]3CCCN3C(C)C)CC2)cc1. The Morgan fingerprint density at radius 3 is 2.19 bits per heavy atom. The van der Waals surface area contributed by atoms with Gasteiger partial charge in [-0.2, -0.15) is 0 Å². The fourth-order valence-electron chi connectivity index (χ4n) is 3.93. The average molecular weight is 359 g/mol. The Balaban J connectivity index is 1.56. The van der Waals surface area contributed by atoms with E-state index >= 15 is 0 Å². The first kappa shape index (κ1) is 18.7. The Morgan fingerprint density at radius 2 is 1.62 bits per heavy atom. The van der Waals surface area contributed by atoms with Crippen LogP contribution in [0.4, 0.5) is 0 Å². The van der Waals surface area contributed by atoms with Crippen LogP contribution >= 0.6 is 0 Å². The van der Waals surface area contributed by atoms with Gasteiger partial charge < -0.3 is 14.5 Å². The summed E-state index contributed by atoms with van der Waals surface area (Å²) in [6.07, 6.45) is 2.03. The number of hydrogen-bond donors (Lipinski definition) is 0. The van der Waals surface area contributed by atoms with Crippen molar-refractivity contribution >= 4 is 11.8 Å². The second-order valence-corrected chi connectivity index (χ2v) is 7.34. The van der Waals surface area contributed by atoms with Crippen molar-refractivity contribution < 1.29 is 14.3 Å². The fourth-order valence-corrected chi connectivity index (χ4v) is 3.93. The molecular formula is C20H29N3O3. The van der Waals surface area contributed by atoms with Crippen LogP contribution in [0.3, 0.4) is 0 Å². The molecule has 2 heterocycles. The van der Waals surface area contributed by atoms with E-state index in [2.05, 4.69) is 18.7 Å². The summed E-state index contributed by atoms with van der Waals surface area (Å²) in [5.74, 6) is 0.986. The molecule has 6 heteroatoms. The summed E-state index contributed by atoms with van der Waals surface area (Å²) in [6, 6.07) is 7.58. The van der Waals surface area contributed by atoms with Gasteiger partial charge >= 0.3 is 0 Å². The number of ether oxygens (including phenoxy) is 1. The molecular weight excluding hydrogens is 330 g/mol. The minimum Gasteiger partial charge on any atom is -0.497 e. The van der Waals surface area contributed by atoms with Crippen molar-refractivity contribution in [1.82, 2.24) is 14.7 Å². The minimum atomic E-state index is 0.0128. The quantitative estimate of drug-likeness (QED) is 0.823. The summed E-state index contributed by atoms with van der Waals surface area (Å²) >= 11 is 0. The molecule has 0 unspecified atom stereocenters. The highest BCUT2D eigenvalue weighted by Gasteiger charge is 2.36. The number of methoxy groups -OCH3 is 1. The molecule has 1 atom stereocenters. The van der Waals surface area contributed by atoms with Crippen LogP contribution < -0.4 is 4.74 Å². The normalized spacial score (nSPS) is 21.3. The van der Waals surface area contributed by atoms with E-state index in [0.717, 1.165) is 25.1 Å². The van der Waals surface area contributed by atoms with Gasteiger partial charge in [0.15, 0.2) is 0 Å². The lowest BCUT2D eigenvalue weighted by molar-refractivity contribution is -0.138. The predicted octanol–water partition coefficient (Wildman–Crippen LogP) is 1.85. The van der Waals surface area contributed by atoms with Gasteiger partial charge in [-0.3, -0.25) is 14.5 Å². The first-order valence-corrected chi connectivity index (χ1v) is 9.49. The van der Waals surface area contributed by atoms with Crippen LogP contribution in [0.1, 0.15) is 37.0 Å². The van der Waals surface area contributed by atoms with Crippen molar-refractivity contribution in [1.29, 1.82) is 0 Å². The molecule has 1 aromatic rings. The van der Waals surface area contributed by atoms with Gasteiger partial charge in [0.1, 0.15) is 5.75 Å². The first-order valence-electron chi connectivity index (χ1n) is 9.49. The number of likely N-dealkylation sites (tertiary alicyclic amines) is 1. The topological polar surface area (TPSA) is 53.1 Å². The Hall–Kier alpha value is -2.08. The highest BCUT2D eigenvalue weighted by Crippen LogP contribution is 2.22. The molecule has 0 N–H and O–H groups in total. The van der Waals surface area contributed by atoms with Crippen LogP contribution in [0.2, 0.25) is 0 Å². The van der Waals surface area contributed by atoms with Gasteiger partial charge in [-0.1, -0.05) is 0 Å². The van der Waals surface area contributed by atoms with Gasteiger partial charge in [-0.05, 0) is 57.5 Å². The Kier molecular flexibility index (Phi) is 5.81. The largest absolute Gasteiger partial charge is 0.497 e. The molecule has 0 aliphatic carbocycles. The smallest absolute Gasteiger partial charge is 0.253 e. The van der Waals surface area contributed by atoms with Crippen molar-refractivity contribution in [2.75, 3.05) is 39.8 Å². The predicted molar refractivity (Wildman–Crippen MR) is 100 cm³/mol. The maximum Gasteiger partial charge on any atom is 0.253 e. The summed E-state index contributed by atoms with van der Waals surface area (Å²) in [7, 11) is 1.61. The third-order valence-electron chi connectivity index (χ3n) is 5.46. The average Bonchev–Trinajstić information content (AvgIpc) is 3.17. The molecule has 0 radical (unpaired) electrons. The first-order chi connectivity index (χ1) is 12.5. The molecule has 0 aromatic heterocycles. The molecule has 0 saturated carbocycles. The van der Waals surface area contributed by atoms with Crippen molar-refractivity contribution in [3.05, 3.63) is 29.8 Å². The number of carbonyl (C=O) groups excluding carboxylic acids is 2. The molecule has 1 aromatic carbocycles. The van der Waals surface area contributed by atoms with E-state index in [1.807, 2.05) is 9.80 Å². The molecule has 6 nitrogen and oxygen atoms in total. The maximum atomic E-state index is 12.9. The van der Waals surface area contributed by atoms with E-state index in [1.165, 1.54) is 0 Å². The number of amides is 2. The Labute approximate surface area is 155 Å². The van der Waals surface area contributed by atoms with Crippen LogP contribution in [-0.4, -0.2) is 78.4 Å². The lowest BCUT2D eigenvalue weighted by atomic mass is 10.1. The van der Waals surface area contributed by atoms with E-state index in [4.69, 9.17) is 4.74 Å². The standard InChI is InChI=1S/C20H29N3O3/c1-15(2)23-10-4-5-18(23)20(25)22-13-11-21(12-14-22)19(24)16-6-8-17(26-3)9-7-16/h6-9,15,18H,4-5,10-14H2,1-3H3/t18-/m0/s1. The molecule has 2 aliphatic rings. The molecule has 2 fully saturated rings. The van der Waals surface area contributed by atoms with E-state index in [9.17, 15) is 9.59 Å². The lowest BCUT2D eigenvalue weighted by Crippen LogP contribution is -2.55. The molecule has 142 valence electrons. The molecule has 2 aliphatic heterocycles. The van der Waals surface area contributed by atoms with Crippen molar-refractivity contribution in [3.8, 4) is 5.75 Å². The van der Waals surface area contributed by atoms with Crippen molar-refractivity contribution in [3.63, 3.8) is 0 Å². The van der Waals surface area contributed by atoms with E-state index in [1.54, 1.807) is 31.4 Å². The van der Waals surface area contributed by atoms with E-state index in [0.29, 0.717) is 37.8 Å². The van der Waals surface area contributed by atoms with Crippen molar-refractivity contribution in [2.45, 2.75) is 38.8 Å². The zero-order valence-corrected chi connectivity index (χ0v) is 16.0. The zero-order chi connectivity index (χ0) is 18.7. The van der Waals surface area contributed by atoms with Crippen LogP contribution in [-0.2, 0) is 4.79 Å². The number of hydrogen-bond acceptors (Lipinski definition) is 4. The van der Waals surface area contributed by atoms with Crippen LogP contribution in [0.5, 0.6) is 5.75 Å². The summed E-state index contributed by atoms with van der Waals surface area (Å²) in [5, 5.41) is 0.